The van der Waals surface area contributed by atoms with Crippen molar-refractivity contribution in [2.75, 3.05) is 0 Å². The molecule has 0 bridgehead atoms. The van der Waals surface area contributed by atoms with Gasteiger partial charge in [-0.05, 0) is 12.1 Å². The molecule has 1 aromatic carbocycles. The smallest absolute Gasteiger partial charge is 0.254 e. The molecule has 5 nitrogen and oxygen atoms in total. The minimum absolute atomic E-state index is 0.130. The third kappa shape index (κ3) is 1.25. The maximum absolute atomic E-state index is 11.1. The van der Waals surface area contributed by atoms with Crippen LogP contribution in [0.3, 0.4) is 0 Å². The van der Waals surface area contributed by atoms with Crippen LogP contribution in [0.2, 0.25) is 0 Å². The van der Waals surface area contributed by atoms with Crippen LogP contribution in [-0.2, 0) is 14.8 Å². The second-order valence-electron chi connectivity index (χ2n) is 2.36. The number of benzene rings is 1. The van der Waals surface area contributed by atoms with E-state index in [1.807, 2.05) is 0 Å². The Kier molecular flexibility index (Phi) is 1.71. The molecule has 0 saturated carbocycles. The zero-order valence-corrected chi connectivity index (χ0v) is 6.35. The first-order valence-electron chi connectivity index (χ1n) is 3.48. The van der Waals surface area contributed by atoms with Crippen molar-refractivity contribution in [3.05, 3.63) is 35.4 Å². The van der Waals surface area contributed by atoms with Crippen LogP contribution in [0.15, 0.2) is 24.3 Å². The predicted octanol–water partition coefficient (Wildman–Crippen LogP) is 0.860. The summed E-state index contributed by atoms with van der Waals surface area (Å²) in [5.41, 5.74) is 0.259. The lowest BCUT2D eigenvalue weighted by atomic mass is 10.1. The monoisotopic (exact) mass is 180 g/mol. The molecule has 1 aliphatic heterocycles. The Hall–Kier alpha value is -1.88. The fourth-order valence-electron chi connectivity index (χ4n) is 1.01. The van der Waals surface area contributed by atoms with E-state index in [1.165, 1.54) is 12.1 Å². The minimum Gasteiger partial charge on any atom is -0.254 e. The van der Waals surface area contributed by atoms with Gasteiger partial charge in [0.15, 0.2) is 0 Å². The quantitative estimate of drug-likeness (QED) is 0.554. The zero-order valence-electron chi connectivity index (χ0n) is 6.35. The molecule has 0 amide bonds. The van der Waals surface area contributed by atoms with Crippen LogP contribution in [0.5, 0.6) is 0 Å². The van der Waals surface area contributed by atoms with Gasteiger partial charge in [-0.25, -0.2) is 9.59 Å². The fraction of sp³-hybridized carbons (Fsp3) is 0. The van der Waals surface area contributed by atoms with Crippen LogP contribution in [0.4, 0.5) is 0 Å². The molecule has 13 heavy (non-hydrogen) atoms. The molecule has 1 aromatic rings. The Balaban J connectivity index is 2.57. The molecule has 0 aliphatic carbocycles. The first-order valence-corrected chi connectivity index (χ1v) is 3.48. The summed E-state index contributed by atoms with van der Waals surface area (Å²) in [7, 11) is 0. The summed E-state index contributed by atoms with van der Waals surface area (Å²) in [5.74, 6) is -1.50. The van der Waals surface area contributed by atoms with Crippen LogP contribution >= 0.6 is 0 Å². The standard InChI is InChI=1S/C8H4O5/c9-7-5-3-1-2-4-6(5)8(10)12-13-11-7/h1-4H. The third-order valence-corrected chi connectivity index (χ3v) is 1.59. The summed E-state index contributed by atoms with van der Waals surface area (Å²) >= 11 is 0. The highest BCUT2D eigenvalue weighted by Crippen LogP contribution is 2.15. The summed E-state index contributed by atoms with van der Waals surface area (Å²) in [5, 5.41) is 3.90. The molecule has 1 aliphatic rings. The molecule has 0 fully saturated rings. The van der Waals surface area contributed by atoms with Crippen molar-refractivity contribution < 1.29 is 24.4 Å². The van der Waals surface area contributed by atoms with Gasteiger partial charge in [-0.3, -0.25) is 9.78 Å². The second-order valence-corrected chi connectivity index (χ2v) is 2.36. The lowest BCUT2D eigenvalue weighted by Gasteiger charge is -1.95. The van der Waals surface area contributed by atoms with Crippen molar-refractivity contribution in [1.29, 1.82) is 0 Å². The Bertz CT molecular complexity index is 336. The number of hydrogen-bond acceptors (Lipinski definition) is 5. The Morgan fingerprint density at radius 3 is 1.77 bits per heavy atom. The van der Waals surface area contributed by atoms with Crippen LogP contribution in [0, 0.1) is 0 Å². The van der Waals surface area contributed by atoms with Crippen LogP contribution in [0.1, 0.15) is 20.7 Å². The van der Waals surface area contributed by atoms with Gasteiger partial charge in [-0.2, -0.15) is 0 Å². The fourth-order valence-corrected chi connectivity index (χ4v) is 1.01. The van der Waals surface area contributed by atoms with Crippen molar-refractivity contribution in [3.63, 3.8) is 0 Å². The second kappa shape index (κ2) is 2.87. The number of carbonyl (C=O) groups excluding carboxylic acids is 2. The summed E-state index contributed by atoms with van der Waals surface area (Å²) < 4.78 is 0. The molecular formula is C8H4O5. The molecule has 66 valence electrons. The molecule has 0 atom stereocenters. The van der Waals surface area contributed by atoms with Gasteiger partial charge in [0.1, 0.15) is 0 Å². The highest BCUT2D eigenvalue weighted by molar-refractivity contribution is 6.03. The Morgan fingerprint density at radius 2 is 1.31 bits per heavy atom. The molecule has 0 saturated heterocycles. The number of hydrogen-bond donors (Lipinski definition) is 0. The highest BCUT2D eigenvalue weighted by Gasteiger charge is 2.24. The van der Waals surface area contributed by atoms with E-state index in [9.17, 15) is 9.59 Å². The Morgan fingerprint density at radius 1 is 0.846 bits per heavy atom. The first-order chi connectivity index (χ1) is 6.29. The maximum atomic E-state index is 11.1. The van der Waals surface area contributed by atoms with Gasteiger partial charge in [-0.1, -0.05) is 12.1 Å². The normalized spacial score (nSPS) is 15.4. The van der Waals surface area contributed by atoms with Crippen LogP contribution < -0.4 is 0 Å². The van der Waals surface area contributed by atoms with Crippen LogP contribution in [0.25, 0.3) is 0 Å². The summed E-state index contributed by atoms with van der Waals surface area (Å²) in [6, 6.07) is 6.12. The third-order valence-electron chi connectivity index (χ3n) is 1.59. The topological polar surface area (TPSA) is 61.8 Å². The van der Waals surface area contributed by atoms with Crippen LogP contribution in [-0.4, -0.2) is 11.9 Å². The minimum atomic E-state index is -0.749. The van der Waals surface area contributed by atoms with Gasteiger partial charge in [0.2, 0.25) is 0 Å². The van der Waals surface area contributed by atoms with Gasteiger partial charge in [0.25, 0.3) is 0 Å². The van der Waals surface area contributed by atoms with Crippen molar-refractivity contribution >= 4 is 11.9 Å². The van der Waals surface area contributed by atoms with E-state index < -0.39 is 11.9 Å². The van der Waals surface area contributed by atoms with E-state index in [0.29, 0.717) is 0 Å². The maximum Gasteiger partial charge on any atom is 0.378 e. The van der Waals surface area contributed by atoms with Gasteiger partial charge in [0.05, 0.1) is 11.1 Å². The molecule has 0 unspecified atom stereocenters. The zero-order chi connectivity index (χ0) is 9.26. The van der Waals surface area contributed by atoms with Gasteiger partial charge in [0, 0.05) is 5.04 Å². The lowest BCUT2D eigenvalue weighted by molar-refractivity contribution is -0.444. The van der Waals surface area contributed by atoms with Gasteiger partial charge in [-0.15, -0.1) is 0 Å². The van der Waals surface area contributed by atoms with E-state index in [4.69, 9.17) is 0 Å². The van der Waals surface area contributed by atoms with Crippen molar-refractivity contribution in [1.82, 2.24) is 0 Å². The summed E-state index contributed by atoms with van der Waals surface area (Å²) in [4.78, 5) is 30.4. The van der Waals surface area contributed by atoms with Crippen molar-refractivity contribution in [2.45, 2.75) is 0 Å². The molecule has 0 N–H and O–H groups in total. The number of rotatable bonds is 0. The van der Waals surface area contributed by atoms with E-state index >= 15 is 0 Å². The molecule has 1 heterocycles. The molecule has 0 spiro atoms. The average Bonchev–Trinajstić information content (AvgIpc) is 2.29. The lowest BCUT2D eigenvalue weighted by Crippen LogP contribution is -2.04. The summed E-state index contributed by atoms with van der Waals surface area (Å²) in [6.45, 7) is 0. The van der Waals surface area contributed by atoms with E-state index in [2.05, 4.69) is 14.8 Å². The van der Waals surface area contributed by atoms with Crippen molar-refractivity contribution in [3.8, 4) is 0 Å². The van der Waals surface area contributed by atoms with E-state index in [-0.39, 0.29) is 11.1 Å². The molecule has 2 rings (SSSR count). The number of carbonyl (C=O) groups is 2. The summed E-state index contributed by atoms with van der Waals surface area (Å²) in [6.07, 6.45) is 0. The Labute approximate surface area is 72.7 Å². The SMILES string of the molecule is O=C1OOOC(=O)c2ccccc21. The highest BCUT2D eigenvalue weighted by atomic mass is 17.5. The number of fused-ring (bicyclic) bond motifs is 1. The molecule has 5 heteroatoms. The van der Waals surface area contributed by atoms with Gasteiger partial charge >= 0.3 is 11.9 Å². The van der Waals surface area contributed by atoms with E-state index in [1.54, 1.807) is 12.1 Å². The largest absolute Gasteiger partial charge is 0.378 e. The molecular weight excluding hydrogens is 176 g/mol. The predicted molar refractivity (Wildman–Crippen MR) is 38.4 cm³/mol. The van der Waals surface area contributed by atoms with Crippen molar-refractivity contribution in [2.24, 2.45) is 0 Å². The molecule has 0 aromatic heterocycles. The molecule has 0 radical (unpaired) electrons. The van der Waals surface area contributed by atoms with E-state index in [0.717, 1.165) is 0 Å². The average molecular weight is 180 g/mol. The first kappa shape index (κ1) is 7.75. The van der Waals surface area contributed by atoms with Gasteiger partial charge < -0.3 is 0 Å².